The van der Waals surface area contributed by atoms with E-state index in [1.54, 1.807) is 0 Å². The number of aliphatic carboxylic acids is 2. The molecule has 0 spiro atoms. The van der Waals surface area contributed by atoms with E-state index in [1.165, 1.54) is 24.3 Å². The Balaban J connectivity index is 3.02. The SMILES string of the molecule is N#Cc1cccc(CS(=O)(=O)N(CC(=O)O)CC(=O)O)c1. The van der Waals surface area contributed by atoms with Gasteiger partial charge in [0.15, 0.2) is 0 Å². The van der Waals surface area contributed by atoms with Crippen LogP contribution >= 0.6 is 0 Å². The Morgan fingerprint density at radius 2 is 1.76 bits per heavy atom. The zero-order chi connectivity index (χ0) is 16.0. The largest absolute Gasteiger partial charge is 0.480 e. The van der Waals surface area contributed by atoms with E-state index in [0.29, 0.717) is 4.31 Å². The van der Waals surface area contributed by atoms with E-state index in [2.05, 4.69) is 0 Å². The average molecular weight is 312 g/mol. The third-order valence-corrected chi connectivity index (χ3v) is 4.16. The molecule has 1 rings (SSSR count). The third-order valence-electron chi connectivity index (χ3n) is 2.42. The summed E-state index contributed by atoms with van der Waals surface area (Å²) in [6.07, 6.45) is 0. The molecule has 0 bridgehead atoms. The van der Waals surface area contributed by atoms with Crippen molar-refractivity contribution in [2.24, 2.45) is 0 Å². The van der Waals surface area contributed by atoms with Crippen LogP contribution in [-0.2, 0) is 25.4 Å². The molecule has 0 fully saturated rings. The lowest BCUT2D eigenvalue weighted by molar-refractivity contribution is -0.139. The van der Waals surface area contributed by atoms with Crippen molar-refractivity contribution in [3.8, 4) is 6.07 Å². The fourth-order valence-electron chi connectivity index (χ4n) is 1.59. The number of nitriles is 1. The van der Waals surface area contributed by atoms with Gasteiger partial charge in [0.2, 0.25) is 10.0 Å². The summed E-state index contributed by atoms with van der Waals surface area (Å²) in [4.78, 5) is 21.3. The van der Waals surface area contributed by atoms with Crippen LogP contribution in [0, 0.1) is 11.3 Å². The number of sulfonamides is 1. The van der Waals surface area contributed by atoms with E-state index < -0.39 is 40.8 Å². The van der Waals surface area contributed by atoms with Crippen molar-refractivity contribution in [3.63, 3.8) is 0 Å². The maximum atomic E-state index is 12.1. The van der Waals surface area contributed by atoms with Crippen molar-refractivity contribution in [2.45, 2.75) is 5.75 Å². The molecule has 0 saturated heterocycles. The van der Waals surface area contributed by atoms with Crippen LogP contribution < -0.4 is 0 Å². The first-order chi connectivity index (χ1) is 9.74. The van der Waals surface area contributed by atoms with Crippen molar-refractivity contribution >= 4 is 22.0 Å². The smallest absolute Gasteiger partial charge is 0.318 e. The van der Waals surface area contributed by atoms with Crippen LogP contribution in [0.15, 0.2) is 24.3 Å². The van der Waals surface area contributed by atoms with Gasteiger partial charge in [-0.2, -0.15) is 9.57 Å². The molecule has 0 aromatic heterocycles. The molecule has 1 aromatic carbocycles. The summed E-state index contributed by atoms with van der Waals surface area (Å²) in [6, 6.07) is 7.63. The highest BCUT2D eigenvalue weighted by atomic mass is 32.2. The van der Waals surface area contributed by atoms with Gasteiger partial charge in [-0.05, 0) is 17.7 Å². The van der Waals surface area contributed by atoms with Crippen molar-refractivity contribution < 1.29 is 28.2 Å². The fourth-order valence-corrected chi connectivity index (χ4v) is 2.98. The van der Waals surface area contributed by atoms with Crippen LogP contribution in [0.1, 0.15) is 11.1 Å². The number of benzene rings is 1. The van der Waals surface area contributed by atoms with E-state index in [9.17, 15) is 18.0 Å². The van der Waals surface area contributed by atoms with Gasteiger partial charge in [0, 0.05) is 0 Å². The highest BCUT2D eigenvalue weighted by molar-refractivity contribution is 7.88. The van der Waals surface area contributed by atoms with E-state index >= 15 is 0 Å². The molecular weight excluding hydrogens is 300 g/mol. The van der Waals surface area contributed by atoms with Gasteiger partial charge in [-0.15, -0.1) is 0 Å². The monoisotopic (exact) mass is 312 g/mol. The second kappa shape index (κ2) is 6.83. The van der Waals surface area contributed by atoms with Crippen molar-refractivity contribution in [1.29, 1.82) is 5.26 Å². The van der Waals surface area contributed by atoms with Crippen molar-refractivity contribution in [3.05, 3.63) is 35.4 Å². The Morgan fingerprint density at radius 3 is 2.24 bits per heavy atom. The predicted molar refractivity (Wildman–Crippen MR) is 70.6 cm³/mol. The molecule has 0 aliphatic heterocycles. The van der Waals surface area contributed by atoms with Gasteiger partial charge in [0.05, 0.1) is 17.4 Å². The third kappa shape index (κ3) is 5.21. The van der Waals surface area contributed by atoms with Crippen molar-refractivity contribution in [2.75, 3.05) is 13.1 Å². The summed E-state index contributed by atoms with van der Waals surface area (Å²) in [5, 5.41) is 26.1. The Kier molecular flexibility index (Phi) is 5.40. The number of carboxylic acids is 2. The molecule has 9 heteroatoms. The quantitative estimate of drug-likeness (QED) is 0.715. The van der Waals surface area contributed by atoms with E-state index in [0.717, 1.165) is 0 Å². The summed E-state index contributed by atoms with van der Waals surface area (Å²) in [7, 11) is -4.13. The molecule has 112 valence electrons. The first-order valence-corrected chi connectivity index (χ1v) is 7.26. The van der Waals surface area contributed by atoms with Crippen LogP contribution in [0.3, 0.4) is 0 Å². The molecule has 0 heterocycles. The van der Waals surface area contributed by atoms with E-state index in [1.807, 2.05) is 6.07 Å². The molecule has 0 amide bonds. The number of nitrogens with zero attached hydrogens (tertiary/aromatic N) is 2. The van der Waals surface area contributed by atoms with Gasteiger partial charge < -0.3 is 10.2 Å². The molecule has 2 N–H and O–H groups in total. The van der Waals surface area contributed by atoms with Gasteiger partial charge in [-0.1, -0.05) is 12.1 Å². The van der Waals surface area contributed by atoms with E-state index in [-0.39, 0.29) is 11.1 Å². The second-order valence-corrected chi connectivity index (χ2v) is 6.09. The normalized spacial score (nSPS) is 11.0. The van der Waals surface area contributed by atoms with Crippen molar-refractivity contribution in [1.82, 2.24) is 4.31 Å². The molecule has 0 saturated carbocycles. The van der Waals surface area contributed by atoms with Crippen LogP contribution in [0.2, 0.25) is 0 Å². The summed E-state index contributed by atoms with van der Waals surface area (Å²) in [5.74, 6) is -3.49. The summed E-state index contributed by atoms with van der Waals surface area (Å²) < 4.78 is 24.5. The molecular formula is C12H12N2O6S. The first-order valence-electron chi connectivity index (χ1n) is 5.65. The van der Waals surface area contributed by atoms with Gasteiger partial charge in [-0.25, -0.2) is 8.42 Å². The van der Waals surface area contributed by atoms with Crippen LogP contribution in [0.5, 0.6) is 0 Å². The summed E-state index contributed by atoms with van der Waals surface area (Å²) in [5.41, 5.74) is 0.528. The summed E-state index contributed by atoms with van der Waals surface area (Å²) >= 11 is 0. The highest BCUT2D eigenvalue weighted by Crippen LogP contribution is 2.12. The molecule has 21 heavy (non-hydrogen) atoms. The molecule has 0 unspecified atom stereocenters. The van der Waals surface area contributed by atoms with Crippen LogP contribution in [0.4, 0.5) is 0 Å². The minimum absolute atomic E-state index is 0.255. The lowest BCUT2D eigenvalue weighted by Gasteiger charge is -2.18. The summed E-state index contributed by atoms with van der Waals surface area (Å²) in [6.45, 7) is -1.88. The first kappa shape index (κ1) is 16.6. The molecule has 0 aliphatic rings. The Hall–Kier alpha value is -2.44. The lowest BCUT2D eigenvalue weighted by Crippen LogP contribution is -2.40. The zero-order valence-corrected chi connectivity index (χ0v) is 11.6. The standard InChI is InChI=1S/C12H12N2O6S/c13-5-9-2-1-3-10(4-9)8-21(19,20)14(6-11(15)16)7-12(17)18/h1-4H,6-8H2,(H,15,16)(H,17,18). The number of hydrogen-bond donors (Lipinski definition) is 2. The minimum Gasteiger partial charge on any atom is -0.480 e. The maximum Gasteiger partial charge on any atom is 0.318 e. The number of carbonyl (C=O) groups is 2. The molecule has 8 nitrogen and oxygen atoms in total. The molecule has 0 aliphatic carbocycles. The van der Waals surface area contributed by atoms with Crippen LogP contribution in [-0.4, -0.2) is 48.0 Å². The maximum absolute atomic E-state index is 12.1. The van der Waals surface area contributed by atoms with Crippen LogP contribution in [0.25, 0.3) is 0 Å². The minimum atomic E-state index is -4.13. The second-order valence-electron chi connectivity index (χ2n) is 4.12. The van der Waals surface area contributed by atoms with Gasteiger partial charge in [0.25, 0.3) is 0 Å². The van der Waals surface area contributed by atoms with Gasteiger partial charge >= 0.3 is 11.9 Å². The average Bonchev–Trinajstić information content (AvgIpc) is 2.36. The molecule has 0 atom stereocenters. The topological polar surface area (TPSA) is 136 Å². The fraction of sp³-hybridized carbons (Fsp3) is 0.250. The van der Waals surface area contributed by atoms with Gasteiger partial charge in [-0.3, -0.25) is 9.59 Å². The molecule has 1 aromatic rings. The lowest BCUT2D eigenvalue weighted by atomic mass is 10.2. The zero-order valence-electron chi connectivity index (χ0n) is 10.8. The highest BCUT2D eigenvalue weighted by Gasteiger charge is 2.27. The number of carboxylic acid groups (broad SMARTS) is 2. The number of rotatable bonds is 7. The Bertz CT molecular complexity index is 676. The molecule has 0 radical (unpaired) electrons. The Morgan fingerprint density at radius 1 is 1.19 bits per heavy atom. The number of hydrogen-bond acceptors (Lipinski definition) is 5. The van der Waals surface area contributed by atoms with E-state index in [4.69, 9.17) is 15.5 Å². The Labute approximate surface area is 120 Å². The van der Waals surface area contributed by atoms with Gasteiger partial charge in [0.1, 0.15) is 13.1 Å². The predicted octanol–water partition coefficient (Wildman–Crippen LogP) is -0.141.